The minimum absolute atomic E-state index is 0.00569. The zero-order valence-corrected chi connectivity index (χ0v) is 9.03. The van der Waals surface area contributed by atoms with Crippen LogP contribution in [0.3, 0.4) is 0 Å². The molecule has 0 aromatic carbocycles. The average molecular weight is 248 g/mol. The van der Waals surface area contributed by atoms with Crippen molar-refractivity contribution in [3.05, 3.63) is 23.9 Å². The average Bonchev–Trinajstić information content (AvgIpc) is 2.25. The molecule has 0 radical (unpaired) electrons. The molecule has 0 bridgehead atoms. The third kappa shape index (κ3) is 4.29. The summed E-state index contributed by atoms with van der Waals surface area (Å²) in [6, 6.07) is 2.52. The molecule has 0 spiro atoms. The molecular weight excluding hydrogens is 237 g/mol. The number of pyridine rings is 1. The van der Waals surface area contributed by atoms with Crippen molar-refractivity contribution in [2.75, 3.05) is 18.5 Å². The van der Waals surface area contributed by atoms with Crippen molar-refractivity contribution in [2.45, 2.75) is 12.6 Å². The summed E-state index contributed by atoms with van der Waals surface area (Å²) >= 11 is 0. The van der Waals surface area contributed by atoms with E-state index >= 15 is 0 Å². The normalized spacial score (nSPS) is 11.3. The molecule has 0 amide bonds. The standard InChI is InChI=1S/C10H11F3N2O2/c1-15(5-3-10(11,12)13)8-6-7(9(16)17)2-4-14-8/h2,4,6H,3,5H2,1H3,(H,16,17). The smallest absolute Gasteiger partial charge is 0.390 e. The number of carboxylic acid groups (broad SMARTS) is 1. The van der Waals surface area contributed by atoms with Crippen molar-refractivity contribution in [3.63, 3.8) is 0 Å². The van der Waals surface area contributed by atoms with Gasteiger partial charge in [0.05, 0.1) is 12.0 Å². The quantitative estimate of drug-likeness (QED) is 0.887. The predicted molar refractivity (Wildman–Crippen MR) is 55.1 cm³/mol. The van der Waals surface area contributed by atoms with Gasteiger partial charge in [-0.2, -0.15) is 13.2 Å². The molecule has 1 N–H and O–H groups in total. The first-order valence-electron chi connectivity index (χ1n) is 4.77. The van der Waals surface area contributed by atoms with Crippen LogP contribution in [0.4, 0.5) is 19.0 Å². The Hall–Kier alpha value is -1.79. The first-order valence-corrected chi connectivity index (χ1v) is 4.77. The van der Waals surface area contributed by atoms with Gasteiger partial charge in [-0.05, 0) is 12.1 Å². The van der Waals surface area contributed by atoms with Crippen LogP contribution in [0.5, 0.6) is 0 Å². The number of aromatic carboxylic acids is 1. The van der Waals surface area contributed by atoms with Gasteiger partial charge in [-0.15, -0.1) is 0 Å². The number of anilines is 1. The van der Waals surface area contributed by atoms with Gasteiger partial charge in [-0.1, -0.05) is 0 Å². The topological polar surface area (TPSA) is 53.4 Å². The van der Waals surface area contributed by atoms with Crippen molar-refractivity contribution in [2.24, 2.45) is 0 Å². The van der Waals surface area contributed by atoms with Gasteiger partial charge in [0.2, 0.25) is 0 Å². The second-order valence-corrected chi connectivity index (χ2v) is 3.49. The van der Waals surface area contributed by atoms with Crippen LogP contribution in [-0.4, -0.2) is 35.8 Å². The van der Waals surface area contributed by atoms with Crippen LogP contribution in [0.1, 0.15) is 16.8 Å². The number of nitrogens with zero attached hydrogens (tertiary/aromatic N) is 2. The van der Waals surface area contributed by atoms with Crippen molar-refractivity contribution in [1.29, 1.82) is 0 Å². The summed E-state index contributed by atoms with van der Waals surface area (Å²) in [6.07, 6.45) is -3.95. The number of hydrogen-bond acceptors (Lipinski definition) is 3. The predicted octanol–water partition coefficient (Wildman–Crippen LogP) is 2.17. The van der Waals surface area contributed by atoms with E-state index in [4.69, 9.17) is 5.11 Å². The van der Waals surface area contributed by atoms with Gasteiger partial charge in [0.1, 0.15) is 5.82 Å². The monoisotopic (exact) mass is 248 g/mol. The Morgan fingerprint density at radius 3 is 2.71 bits per heavy atom. The Bertz CT molecular complexity index is 407. The van der Waals surface area contributed by atoms with Crippen LogP contribution < -0.4 is 4.90 Å². The summed E-state index contributed by atoms with van der Waals surface area (Å²) in [6.45, 7) is -0.264. The minimum Gasteiger partial charge on any atom is -0.478 e. The van der Waals surface area contributed by atoms with Gasteiger partial charge < -0.3 is 10.0 Å². The fraction of sp³-hybridized carbons (Fsp3) is 0.400. The van der Waals surface area contributed by atoms with E-state index in [-0.39, 0.29) is 17.9 Å². The molecule has 1 rings (SSSR count). The Kier molecular flexibility index (Phi) is 3.93. The van der Waals surface area contributed by atoms with E-state index in [1.54, 1.807) is 0 Å². The molecule has 1 aromatic heterocycles. The molecule has 0 saturated carbocycles. The van der Waals surface area contributed by atoms with E-state index in [0.29, 0.717) is 0 Å². The third-order valence-corrected chi connectivity index (χ3v) is 2.11. The Labute approximate surface area is 95.7 Å². The first kappa shape index (κ1) is 13.3. The molecule has 4 nitrogen and oxygen atoms in total. The van der Waals surface area contributed by atoms with Crippen LogP contribution in [0, 0.1) is 0 Å². The van der Waals surface area contributed by atoms with E-state index in [1.165, 1.54) is 30.3 Å². The van der Waals surface area contributed by atoms with Gasteiger partial charge in [-0.25, -0.2) is 9.78 Å². The molecule has 0 aliphatic carbocycles. The summed E-state index contributed by atoms with van der Waals surface area (Å²) in [5.74, 6) is -0.938. The lowest BCUT2D eigenvalue weighted by atomic mass is 10.2. The highest BCUT2D eigenvalue weighted by Crippen LogP contribution is 2.21. The van der Waals surface area contributed by atoms with Crippen molar-refractivity contribution >= 4 is 11.8 Å². The molecule has 0 saturated heterocycles. The van der Waals surface area contributed by atoms with Crippen LogP contribution in [-0.2, 0) is 0 Å². The SMILES string of the molecule is CN(CCC(F)(F)F)c1cc(C(=O)O)ccn1. The van der Waals surface area contributed by atoms with Crippen LogP contribution >= 0.6 is 0 Å². The second kappa shape index (κ2) is 5.03. The molecule has 94 valence electrons. The Balaban J connectivity index is 2.72. The van der Waals surface area contributed by atoms with Crippen LogP contribution in [0.25, 0.3) is 0 Å². The van der Waals surface area contributed by atoms with Crippen molar-refractivity contribution in [1.82, 2.24) is 4.98 Å². The molecule has 17 heavy (non-hydrogen) atoms. The highest BCUT2D eigenvalue weighted by Gasteiger charge is 2.27. The lowest BCUT2D eigenvalue weighted by molar-refractivity contribution is -0.132. The third-order valence-electron chi connectivity index (χ3n) is 2.11. The van der Waals surface area contributed by atoms with E-state index in [0.717, 1.165) is 0 Å². The van der Waals surface area contributed by atoms with Crippen LogP contribution in [0.2, 0.25) is 0 Å². The molecule has 1 aromatic rings. The van der Waals surface area contributed by atoms with Crippen molar-refractivity contribution < 1.29 is 23.1 Å². The molecule has 0 fully saturated rings. The lowest BCUT2D eigenvalue weighted by Crippen LogP contribution is -2.25. The number of aromatic nitrogens is 1. The largest absolute Gasteiger partial charge is 0.478 e. The molecular formula is C10H11F3N2O2. The summed E-state index contributed by atoms with van der Waals surface area (Å²) in [5, 5.41) is 8.72. The molecule has 0 unspecified atom stereocenters. The van der Waals surface area contributed by atoms with E-state index in [1.807, 2.05) is 0 Å². The van der Waals surface area contributed by atoms with Crippen LogP contribution in [0.15, 0.2) is 18.3 Å². The molecule has 1 heterocycles. The van der Waals surface area contributed by atoms with Gasteiger partial charge in [0.15, 0.2) is 0 Å². The fourth-order valence-corrected chi connectivity index (χ4v) is 1.17. The molecule has 7 heteroatoms. The summed E-state index contributed by atoms with van der Waals surface area (Å²) in [5.41, 5.74) is -0.00569. The molecule has 0 aliphatic heterocycles. The van der Waals surface area contributed by atoms with E-state index in [2.05, 4.69) is 4.98 Å². The van der Waals surface area contributed by atoms with E-state index in [9.17, 15) is 18.0 Å². The van der Waals surface area contributed by atoms with E-state index < -0.39 is 18.6 Å². The zero-order valence-electron chi connectivity index (χ0n) is 9.03. The molecule has 0 aliphatic rings. The number of carbonyl (C=O) groups is 1. The number of rotatable bonds is 4. The summed E-state index contributed by atoms with van der Waals surface area (Å²) < 4.78 is 36.0. The minimum atomic E-state index is -4.24. The maximum Gasteiger partial charge on any atom is 0.390 e. The van der Waals surface area contributed by atoms with Gasteiger partial charge >= 0.3 is 12.1 Å². The fourth-order valence-electron chi connectivity index (χ4n) is 1.17. The number of hydrogen-bond donors (Lipinski definition) is 1. The Morgan fingerprint density at radius 1 is 1.53 bits per heavy atom. The highest BCUT2D eigenvalue weighted by molar-refractivity contribution is 5.88. The van der Waals surface area contributed by atoms with Crippen molar-refractivity contribution in [3.8, 4) is 0 Å². The summed E-state index contributed by atoms with van der Waals surface area (Å²) in [4.78, 5) is 15.7. The maximum atomic E-state index is 12.0. The van der Waals surface area contributed by atoms with Gasteiger partial charge in [-0.3, -0.25) is 0 Å². The van der Waals surface area contributed by atoms with Gasteiger partial charge in [0, 0.05) is 19.8 Å². The molecule has 0 atom stereocenters. The van der Waals surface area contributed by atoms with Gasteiger partial charge in [0.25, 0.3) is 0 Å². The number of halogens is 3. The first-order chi connectivity index (χ1) is 7.79. The second-order valence-electron chi connectivity index (χ2n) is 3.49. The number of alkyl halides is 3. The number of carboxylic acids is 1. The highest BCUT2D eigenvalue weighted by atomic mass is 19.4. The Morgan fingerprint density at radius 2 is 2.18 bits per heavy atom. The zero-order chi connectivity index (χ0) is 13.1. The summed E-state index contributed by atoms with van der Waals surface area (Å²) in [7, 11) is 1.43. The maximum absolute atomic E-state index is 12.0. The lowest BCUT2D eigenvalue weighted by Gasteiger charge is -2.19.